The molecular weight excluding hydrogens is 322 g/mol. The standard InChI is InChI=1S/C14H16BrN3O2/c1-14(2,13(19)16-3)20-12-11(15)9-18(17-12)10-7-5-4-6-8-10/h4-9H,1-3H3,(H,16,19). The largest absolute Gasteiger partial charge is 0.460 e. The number of halogens is 1. The third-order valence-electron chi connectivity index (χ3n) is 2.78. The first-order chi connectivity index (χ1) is 9.44. The van der Waals surface area contributed by atoms with Gasteiger partial charge in [0, 0.05) is 13.2 Å². The topological polar surface area (TPSA) is 56.1 Å². The SMILES string of the molecule is CNC(=O)C(C)(C)Oc1nn(-c2ccccc2)cc1Br. The van der Waals surface area contributed by atoms with Crippen LogP contribution in [0.2, 0.25) is 0 Å². The molecule has 0 atom stereocenters. The summed E-state index contributed by atoms with van der Waals surface area (Å²) in [5.41, 5.74) is -0.0755. The fourth-order valence-electron chi connectivity index (χ4n) is 1.71. The van der Waals surface area contributed by atoms with Gasteiger partial charge in [0.25, 0.3) is 5.91 Å². The highest BCUT2D eigenvalue weighted by molar-refractivity contribution is 9.10. The molecule has 0 aliphatic rings. The first-order valence-electron chi connectivity index (χ1n) is 6.16. The molecule has 0 spiro atoms. The van der Waals surface area contributed by atoms with Crippen LogP contribution in [0.25, 0.3) is 5.69 Å². The minimum atomic E-state index is -0.993. The van der Waals surface area contributed by atoms with E-state index in [-0.39, 0.29) is 5.91 Å². The second kappa shape index (κ2) is 5.66. The Morgan fingerprint density at radius 3 is 2.60 bits per heavy atom. The predicted octanol–water partition coefficient (Wildman–Crippen LogP) is 2.54. The van der Waals surface area contributed by atoms with Crippen molar-refractivity contribution in [2.45, 2.75) is 19.4 Å². The summed E-state index contributed by atoms with van der Waals surface area (Å²) in [5, 5.41) is 6.92. The molecule has 0 aliphatic carbocycles. The number of ether oxygens (including phenoxy) is 1. The van der Waals surface area contributed by atoms with Gasteiger partial charge in [0.2, 0.25) is 5.88 Å². The Hall–Kier alpha value is -1.82. The van der Waals surface area contributed by atoms with Crippen LogP contribution < -0.4 is 10.1 Å². The van der Waals surface area contributed by atoms with Gasteiger partial charge in [0.1, 0.15) is 0 Å². The predicted molar refractivity (Wildman–Crippen MR) is 80.0 cm³/mol. The van der Waals surface area contributed by atoms with Crippen molar-refractivity contribution in [3.63, 3.8) is 0 Å². The quantitative estimate of drug-likeness (QED) is 0.932. The van der Waals surface area contributed by atoms with Crippen molar-refractivity contribution >= 4 is 21.8 Å². The summed E-state index contributed by atoms with van der Waals surface area (Å²) in [4.78, 5) is 11.7. The number of carbonyl (C=O) groups is 1. The van der Waals surface area contributed by atoms with Gasteiger partial charge in [0.05, 0.1) is 10.2 Å². The average molecular weight is 338 g/mol. The number of nitrogens with zero attached hydrogens (tertiary/aromatic N) is 2. The van der Waals surface area contributed by atoms with Crippen LogP contribution in [0.1, 0.15) is 13.8 Å². The molecule has 0 unspecified atom stereocenters. The van der Waals surface area contributed by atoms with E-state index in [4.69, 9.17) is 4.74 Å². The Morgan fingerprint density at radius 2 is 2.00 bits per heavy atom. The van der Waals surface area contributed by atoms with E-state index in [1.807, 2.05) is 30.3 Å². The van der Waals surface area contributed by atoms with Crippen molar-refractivity contribution in [3.8, 4) is 11.6 Å². The lowest BCUT2D eigenvalue weighted by Crippen LogP contribution is -2.45. The zero-order valence-corrected chi connectivity index (χ0v) is 13.1. The number of carbonyl (C=O) groups excluding carboxylic acids is 1. The second-order valence-electron chi connectivity index (χ2n) is 4.75. The lowest BCUT2D eigenvalue weighted by molar-refractivity contribution is -0.133. The minimum absolute atomic E-state index is 0.210. The van der Waals surface area contributed by atoms with E-state index in [0.29, 0.717) is 10.4 Å². The average Bonchev–Trinajstić information content (AvgIpc) is 2.79. The summed E-state index contributed by atoms with van der Waals surface area (Å²) >= 11 is 3.40. The number of aromatic nitrogens is 2. The Morgan fingerprint density at radius 1 is 1.35 bits per heavy atom. The molecule has 6 heteroatoms. The van der Waals surface area contributed by atoms with Gasteiger partial charge in [-0.25, -0.2) is 4.68 Å². The number of para-hydroxylation sites is 1. The minimum Gasteiger partial charge on any atom is -0.460 e. The molecule has 20 heavy (non-hydrogen) atoms. The van der Waals surface area contributed by atoms with Gasteiger partial charge in [0.15, 0.2) is 5.60 Å². The molecule has 0 saturated carbocycles. The van der Waals surface area contributed by atoms with E-state index in [0.717, 1.165) is 5.69 Å². The summed E-state index contributed by atoms with van der Waals surface area (Å²) in [6.45, 7) is 3.39. The lowest BCUT2D eigenvalue weighted by Gasteiger charge is -2.22. The molecule has 2 rings (SSSR count). The zero-order chi connectivity index (χ0) is 14.8. The molecule has 5 nitrogen and oxygen atoms in total. The Labute approximate surface area is 126 Å². The summed E-state index contributed by atoms with van der Waals surface area (Å²) < 4.78 is 8.08. The molecule has 0 saturated heterocycles. The molecular formula is C14H16BrN3O2. The van der Waals surface area contributed by atoms with Crippen LogP contribution in [0.15, 0.2) is 41.0 Å². The maximum absolute atomic E-state index is 11.7. The summed E-state index contributed by atoms with van der Waals surface area (Å²) in [7, 11) is 1.57. The molecule has 1 heterocycles. The van der Waals surface area contributed by atoms with Crippen LogP contribution in [0.3, 0.4) is 0 Å². The van der Waals surface area contributed by atoms with Gasteiger partial charge >= 0.3 is 0 Å². The Kier molecular flexibility index (Phi) is 4.13. The molecule has 0 radical (unpaired) electrons. The number of rotatable bonds is 4. The molecule has 0 fully saturated rings. The van der Waals surface area contributed by atoms with Crippen LogP contribution in [0, 0.1) is 0 Å². The van der Waals surface area contributed by atoms with Crippen LogP contribution in [0.4, 0.5) is 0 Å². The van der Waals surface area contributed by atoms with E-state index in [2.05, 4.69) is 26.3 Å². The molecule has 1 aromatic carbocycles. The molecule has 0 aliphatic heterocycles. The first kappa shape index (κ1) is 14.6. The van der Waals surface area contributed by atoms with Gasteiger partial charge in [-0.1, -0.05) is 18.2 Å². The molecule has 1 aromatic heterocycles. The number of amides is 1. The highest BCUT2D eigenvalue weighted by Crippen LogP contribution is 2.27. The first-order valence-corrected chi connectivity index (χ1v) is 6.95. The molecule has 1 N–H and O–H groups in total. The molecule has 0 bridgehead atoms. The van der Waals surface area contributed by atoms with Gasteiger partial charge < -0.3 is 10.1 Å². The lowest BCUT2D eigenvalue weighted by atomic mass is 10.1. The van der Waals surface area contributed by atoms with E-state index < -0.39 is 5.60 Å². The number of nitrogens with one attached hydrogen (secondary N) is 1. The highest BCUT2D eigenvalue weighted by atomic mass is 79.9. The van der Waals surface area contributed by atoms with Gasteiger partial charge in [-0.05, 0) is 41.9 Å². The normalized spacial score (nSPS) is 11.2. The van der Waals surface area contributed by atoms with Crippen molar-refractivity contribution < 1.29 is 9.53 Å². The van der Waals surface area contributed by atoms with Gasteiger partial charge in [-0.2, -0.15) is 0 Å². The maximum atomic E-state index is 11.7. The maximum Gasteiger partial charge on any atom is 0.263 e. The van der Waals surface area contributed by atoms with Crippen molar-refractivity contribution in [2.75, 3.05) is 7.05 Å². The second-order valence-corrected chi connectivity index (χ2v) is 5.61. The van der Waals surface area contributed by atoms with E-state index in [1.54, 1.807) is 31.8 Å². The van der Waals surface area contributed by atoms with Gasteiger partial charge in [-0.15, -0.1) is 5.10 Å². The van der Waals surface area contributed by atoms with Crippen LogP contribution >= 0.6 is 15.9 Å². The van der Waals surface area contributed by atoms with E-state index in [9.17, 15) is 4.79 Å². The van der Waals surface area contributed by atoms with Crippen molar-refractivity contribution in [3.05, 3.63) is 41.0 Å². The Balaban J connectivity index is 2.27. The molecule has 2 aromatic rings. The molecule has 1 amide bonds. The fraction of sp³-hybridized carbons (Fsp3) is 0.286. The van der Waals surface area contributed by atoms with E-state index >= 15 is 0 Å². The molecule has 106 valence electrons. The van der Waals surface area contributed by atoms with Crippen molar-refractivity contribution in [2.24, 2.45) is 0 Å². The number of hydrogen-bond acceptors (Lipinski definition) is 3. The monoisotopic (exact) mass is 337 g/mol. The van der Waals surface area contributed by atoms with Crippen LogP contribution in [0.5, 0.6) is 5.88 Å². The summed E-state index contributed by atoms with van der Waals surface area (Å²) in [6.07, 6.45) is 1.80. The van der Waals surface area contributed by atoms with Crippen LogP contribution in [-0.2, 0) is 4.79 Å². The van der Waals surface area contributed by atoms with Crippen molar-refractivity contribution in [1.82, 2.24) is 15.1 Å². The third kappa shape index (κ3) is 3.01. The van der Waals surface area contributed by atoms with Gasteiger partial charge in [-0.3, -0.25) is 4.79 Å². The fourth-order valence-corrected chi connectivity index (χ4v) is 2.06. The zero-order valence-electron chi connectivity index (χ0n) is 11.6. The summed E-state index contributed by atoms with van der Waals surface area (Å²) in [6, 6.07) is 9.67. The van der Waals surface area contributed by atoms with Crippen molar-refractivity contribution in [1.29, 1.82) is 0 Å². The Bertz CT molecular complexity index is 608. The third-order valence-corrected chi connectivity index (χ3v) is 3.33. The summed E-state index contributed by atoms with van der Waals surface area (Å²) in [5.74, 6) is 0.168. The van der Waals surface area contributed by atoms with E-state index in [1.165, 1.54) is 0 Å². The smallest absolute Gasteiger partial charge is 0.263 e. The van der Waals surface area contributed by atoms with Crippen LogP contribution in [-0.4, -0.2) is 28.3 Å². The number of hydrogen-bond donors (Lipinski definition) is 1. The number of likely N-dealkylation sites (N-methyl/N-ethyl adjacent to an activating group) is 1. The number of benzene rings is 1. The highest BCUT2D eigenvalue weighted by Gasteiger charge is 2.30.